The van der Waals surface area contributed by atoms with Crippen LogP contribution in [0.25, 0.3) is 0 Å². The Morgan fingerprint density at radius 3 is 2.54 bits per heavy atom. The largest absolute Gasteiger partial charge is 0.287 e. The molecule has 0 rings (SSSR count). The maximum Gasteiger partial charge on any atom is 0.192 e. The van der Waals surface area contributed by atoms with Crippen LogP contribution in [-0.4, -0.2) is 10.9 Å². The predicted octanol–water partition coefficient (Wildman–Crippen LogP) is 3.65. The zero-order chi connectivity index (χ0) is 10.3. The van der Waals surface area contributed by atoms with E-state index in [1.54, 1.807) is 0 Å². The van der Waals surface area contributed by atoms with Gasteiger partial charge in [0.25, 0.3) is 0 Å². The maximum absolute atomic E-state index is 11.3. The molecule has 0 aromatic rings. The highest BCUT2D eigenvalue weighted by Crippen LogP contribution is 2.19. The summed E-state index contributed by atoms with van der Waals surface area (Å²) in [6.45, 7) is 10.3. The van der Waals surface area contributed by atoms with Crippen molar-refractivity contribution in [3.8, 4) is 0 Å². The second kappa shape index (κ2) is 7.19. The van der Waals surface area contributed by atoms with E-state index in [0.717, 1.165) is 24.2 Å². The zero-order valence-corrected chi connectivity index (χ0v) is 9.75. The van der Waals surface area contributed by atoms with Crippen LogP contribution in [-0.2, 0) is 4.79 Å². The highest BCUT2D eigenvalue weighted by atomic mass is 32.2. The lowest BCUT2D eigenvalue weighted by molar-refractivity contribution is -0.110. The second-order valence-corrected chi connectivity index (χ2v) is 4.52. The third-order valence-corrected chi connectivity index (χ3v) is 3.23. The van der Waals surface area contributed by atoms with Gasteiger partial charge in [0.05, 0.1) is 0 Å². The molecule has 0 aromatic heterocycles. The molecule has 0 aliphatic rings. The Kier molecular flexibility index (Phi) is 7.06. The fourth-order valence-corrected chi connectivity index (χ4v) is 1.63. The molecule has 0 amide bonds. The number of carbonyl (C=O) groups is 1. The minimum absolute atomic E-state index is 0.271. The van der Waals surface area contributed by atoms with Gasteiger partial charge in [-0.15, -0.1) is 0 Å². The average molecular weight is 200 g/mol. The first-order valence-corrected chi connectivity index (χ1v) is 5.93. The lowest BCUT2D eigenvalue weighted by Crippen LogP contribution is -2.02. The Bertz CT molecular complexity index is 175. The summed E-state index contributed by atoms with van der Waals surface area (Å²) in [5.41, 5.74) is 1.08. The topological polar surface area (TPSA) is 17.1 Å². The van der Waals surface area contributed by atoms with E-state index in [4.69, 9.17) is 0 Å². The molecular weight excluding hydrogens is 180 g/mol. The highest BCUT2D eigenvalue weighted by Gasteiger charge is 2.09. The Labute approximate surface area is 86.0 Å². The highest BCUT2D eigenvalue weighted by molar-refractivity contribution is 8.13. The summed E-state index contributed by atoms with van der Waals surface area (Å²) in [6.07, 6.45) is 2.69. The van der Waals surface area contributed by atoms with E-state index in [-0.39, 0.29) is 5.12 Å². The molecule has 0 heterocycles. The van der Waals surface area contributed by atoms with Crippen molar-refractivity contribution < 1.29 is 4.79 Å². The van der Waals surface area contributed by atoms with Crippen molar-refractivity contribution >= 4 is 16.9 Å². The van der Waals surface area contributed by atoms with Gasteiger partial charge in [0.1, 0.15) is 0 Å². The van der Waals surface area contributed by atoms with Gasteiger partial charge in [0.15, 0.2) is 5.12 Å². The van der Waals surface area contributed by atoms with Gasteiger partial charge in [-0.2, -0.15) is 0 Å². The summed E-state index contributed by atoms with van der Waals surface area (Å²) in [5, 5.41) is 0.271. The summed E-state index contributed by atoms with van der Waals surface area (Å²) in [5.74, 6) is 1.42. The summed E-state index contributed by atoms with van der Waals surface area (Å²) >= 11 is 1.43. The third-order valence-electron chi connectivity index (χ3n) is 2.15. The molecule has 0 radical (unpaired) electrons. The molecule has 0 aromatic carbocycles. The van der Waals surface area contributed by atoms with Crippen molar-refractivity contribution in [2.75, 3.05) is 5.75 Å². The van der Waals surface area contributed by atoms with E-state index in [9.17, 15) is 4.79 Å². The standard InChI is InChI=1S/C11H20OS/c1-5-7-13-11(12)8-10(4)9(3)6-2/h9H,4-8H2,1-3H3. The molecule has 0 spiro atoms. The molecule has 1 unspecified atom stereocenters. The molecule has 0 bridgehead atoms. The van der Waals surface area contributed by atoms with Crippen LogP contribution < -0.4 is 0 Å². The van der Waals surface area contributed by atoms with E-state index in [1.807, 2.05) is 0 Å². The average Bonchev–Trinajstić information content (AvgIpc) is 2.13. The molecule has 0 aliphatic carbocycles. The molecule has 1 atom stereocenters. The minimum atomic E-state index is 0.271. The number of allylic oxidation sites excluding steroid dienone is 1. The number of rotatable bonds is 6. The maximum atomic E-state index is 11.3. The van der Waals surface area contributed by atoms with E-state index in [0.29, 0.717) is 12.3 Å². The number of thioether (sulfide) groups is 1. The molecule has 2 heteroatoms. The summed E-state index contributed by atoms with van der Waals surface area (Å²) in [7, 11) is 0. The van der Waals surface area contributed by atoms with Crippen molar-refractivity contribution in [3.05, 3.63) is 12.2 Å². The smallest absolute Gasteiger partial charge is 0.192 e. The molecular formula is C11H20OS. The van der Waals surface area contributed by atoms with Crippen LogP contribution in [0.4, 0.5) is 0 Å². The molecule has 0 aliphatic heterocycles. The van der Waals surface area contributed by atoms with Crippen LogP contribution in [0.1, 0.15) is 40.0 Å². The molecule has 13 heavy (non-hydrogen) atoms. The van der Waals surface area contributed by atoms with E-state index < -0.39 is 0 Å². The van der Waals surface area contributed by atoms with Crippen LogP contribution in [0.2, 0.25) is 0 Å². The fraction of sp³-hybridized carbons (Fsp3) is 0.727. The Morgan fingerprint density at radius 2 is 2.08 bits per heavy atom. The monoisotopic (exact) mass is 200 g/mol. The quantitative estimate of drug-likeness (QED) is 0.609. The first kappa shape index (κ1) is 12.8. The van der Waals surface area contributed by atoms with Gasteiger partial charge in [-0.05, 0) is 18.8 Å². The van der Waals surface area contributed by atoms with E-state index in [1.165, 1.54) is 11.8 Å². The van der Waals surface area contributed by atoms with Gasteiger partial charge in [-0.3, -0.25) is 4.79 Å². The first-order valence-electron chi connectivity index (χ1n) is 4.95. The van der Waals surface area contributed by atoms with Crippen LogP contribution in [0.3, 0.4) is 0 Å². The summed E-state index contributed by atoms with van der Waals surface area (Å²) < 4.78 is 0. The van der Waals surface area contributed by atoms with Crippen molar-refractivity contribution in [1.82, 2.24) is 0 Å². The van der Waals surface area contributed by atoms with Crippen LogP contribution in [0.5, 0.6) is 0 Å². The Balaban J connectivity index is 3.71. The summed E-state index contributed by atoms with van der Waals surface area (Å²) in [4.78, 5) is 11.3. The Morgan fingerprint density at radius 1 is 1.46 bits per heavy atom. The lowest BCUT2D eigenvalue weighted by atomic mass is 9.98. The summed E-state index contributed by atoms with van der Waals surface area (Å²) in [6, 6.07) is 0. The van der Waals surface area contributed by atoms with Gasteiger partial charge in [-0.1, -0.05) is 44.7 Å². The van der Waals surface area contributed by atoms with Crippen molar-refractivity contribution in [3.63, 3.8) is 0 Å². The zero-order valence-electron chi connectivity index (χ0n) is 8.93. The lowest BCUT2D eigenvalue weighted by Gasteiger charge is -2.10. The normalized spacial score (nSPS) is 12.5. The van der Waals surface area contributed by atoms with Crippen LogP contribution >= 0.6 is 11.8 Å². The van der Waals surface area contributed by atoms with E-state index >= 15 is 0 Å². The first-order chi connectivity index (χ1) is 6.11. The molecule has 0 saturated heterocycles. The third kappa shape index (κ3) is 5.92. The number of carbonyl (C=O) groups excluding carboxylic acids is 1. The molecule has 0 saturated carbocycles. The van der Waals surface area contributed by atoms with Crippen molar-refractivity contribution in [1.29, 1.82) is 0 Å². The molecule has 0 N–H and O–H groups in total. The minimum Gasteiger partial charge on any atom is -0.287 e. The van der Waals surface area contributed by atoms with Gasteiger partial charge >= 0.3 is 0 Å². The number of hydrogen-bond acceptors (Lipinski definition) is 2. The molecule has 1 nitrogen and oxygen atoms in total. The predicted molar refractivity (Wildman–Crippen MR) is 61.0 cm³/mol. The van der Waals surface area contributed by atoms with Crippen LogP contribution in [0, 0.1) is 5.92 Å². The fourth-order valence-electron chi connectivity index (χ4n) is 0.915. The van der Waals surface area contributed by atoms with Crippen molar-refractivity contribution in [2.24, 2.45) is 5.92 Å². The van der Waals surface area contributed by atoms with Gasteiger partial charge in [0, 0.05) is 12.2 Å². The van der Waals surface area contributed by atoms with Crippen molar-refractivity contribution in [2.45, 2.75) is 40.0 Å². The van der Waals surface area contributed by atoms with Gasteiger partial charge in [-0.25, -0.2) is 0 Å². The molecule has 76 valence electrons. The Hall–Kier alpha value is -0.240. The van der Waals surface area contributed by atoms with Crippen LogP contribution in [0.15, 0.2) is 12.2 Å². The molecule has 0 fully saturated rings. The van der Waals surface area contributed by atoms with Gasteiger partial charge < -0.3 is 0 Å². The SMILES string of the molecule is C=C(CC(=O)SCCC)C(C)CC. The number of hydrogen-bond donors (Lipinski definition) is 0. The van der Waals surface area contributed by atoms with Gasteiger partial charge in [0.2, 0.25) is 0 Å². The second-order valence-electron chi connectivity index (χ2n) is 3.36. The van der Waals surface area contributed by atoms with E-state index in [2.05, 4.69) is 27.4 Å².